The van der Waals surface area contributed by atoms with E-state index in [1.54, 1.807) is 37.6 Å². The number of allylic oxidation sites excluding steroid dienone is 2. The second-order valence-corrected chi connectivity index (χ2v) is 20.0. The molecule has 2 aromatic heterocycles. The van der Waals surface area contributed by atoms with E-state index in [4.69, 9.17) is 52.0 Å². The van der Waals surface area contributed by atoms with Crippen molar-refractivity contribution in [1.82, 2.24) is 9.97 Å². The molecule has 2 aromatic rings. The summed E-state index contributed by atoms with van der Waals surface area (Å²) in [6, 6.07) is 0. The number of aromatic nitrogens is 2. The Bertz CT molecular complexity index is 2210. The van der Waals surface area contributed by atoms with Crippen molar-refractivity contribution in [3.8, 4) is 0 Å². The highest BCUT2D eigenvalue weighted by atomic mass is 79.9. The molecule has 15 atom stereocenters. The lowest BCUT2D eigenvalue weighted by atomic mass is 9.79. The molecule has 3 N–H and O–H groups in total. The van der Waals surface area contributed by atoms with Gasteiger partial charge in [0.25, 0.3) is 0 Å². The molecule has 378 valence electrons. The molecule has 7 rings (SSSR count). The molecule has 0 radical (unpaired) electrons. The average molecular weight is 1020 g/mol. The maximum Gasteiger partial charge on any atom is 0.330 e. The van der Waals surface area contributed by atoms with E-state index in [1.807, 2.05) is 64.2 Å². The number of halogens is 1. The summed E-state index contributed by atoms with van der Waals surface area (Å²) < 4.78 is 55.2. The van der Waals surface area contributed by atoms with E-state index in [9.17, 15) is 20.1 Å². The Hall–Kier alpha value is -3.81. The van der Waals surface area contributed by atoms with Crippen LogP contribution in [0.2, 0.25) is 0 Å². The number of fused-ring (bicyclic) bond motifs is 9. The lowest BCUT2D eigenvalue weighted by Crippen LogP contribution is -2.51. The van der Waals surface area contributed by atoms with E-state index in [1.165, 1.54) is 12.3 Å². The van der Waals surface area contributed by atoms with Crippen molar-refractivity contribution >= 4 is 34.1 Å². The van der Waals surface area contributed by atoms with Crippen molar-refractivity contribution in [2.75, 3.05) is 14.2 Å². The second-order valence-electron chi connectivity index (χ2n) is 19.5. The van der Waals surface area contributed by atoms with Crippen LogP contribution in [-0.4, -0.2) is 118 Å². The molecule has 4 fully saturated rings. The van der Waals surface area contributed by atoms with Crippen LogP contribution in [-0.2, 0) is 44.4 Å². The number of esters is 1. The fourth-order valence-electron chi connectivity index (χ4n) is 10.4. The molecule has 0 amide bonds. The quantitative estimate of drug-likeness (QED) is 0.104. The highest BCUT2D eigenvalue weighted by Crippen LogP contribution is 2.40. The Balaban J connectivity index is 1.06. The summed E-state index contributed by atoms with van der Waals surface area (Å²) in [4.78, 5) is 24.8. The highest BCUT2D eigenvalue weighted by molar-refractivity contribution is 9.11. The molecule has 0 saturated carbocycles. The van der Waals surface area contributed by atoms with Crippen LogP contribution < -0.4 is 0 Å². The smallest absolute Gasteiger partial charge is 0.330 e. The van der Waals surface area contributed by atoms with Crippen molar-refractivity contribution in [3.05, 3.63) is 107 Å². The van der Waals surface area contributed by atoms with Crippen molar-refractivity contribution in [2.45, 2.75) is 177 Å². The van der Waals surface area contributed by atoms with Crippen LogP contribution in [0.4, 0.5) is 0 Å². The summed E-state index contributed by atoms with van der Waals surface area (Å²) in [5, 5.41) is 33.9. The molecule has 7 heterocycles. The first-order valence-corrected chi connectivity index (χ1v) is 25.2. The van der Waals surface area contributed by atoms with Crippen LogP contribution in [0.15, 0.2) is 92.2 Å². The van der Waals surface area contributed by atoms with Crippen LogP contribution in [0.5, 0.6) is 0 Å². The molecule has 15 nitrogen and oxygen atoms in total. The molecular formula is C53H71BrN2O13. The van der Waals surface area contributed by atoms with Crippen LogP contribution >= 0.6 is 15.9 Å². The number of carbonyl (C=O) groups excluding carboxylic acids is 1. The van der Waals surface area contributed by atoms with Gasteiger partial charge in [-0.15, -0.1) is 0 Å². The van der Waals surface area contributed by atoms with Gasteiger partial charge in [-0.25, -0.2) is 14.8 Å². The zero-order valence-electron chi connectivity index (χ0n) is 40.7. The summed E-state index contributed by atoms with van der Waals surface area (Å²) in [7, 11) is 3.22. The van der Waals surface area contributed by atoms with Crippen LogP contribution in [0.3, 0.4) is 0 Å². The molecule has 0 aromatic carbocycles. The normalized spacial score (nSPS) is 36.1. The third-order valence-electron chi connectivity index (χ3n) is 13.9. The van der Waals surface area contributed by atoms with E-state index in [2.05, 4.69) is 22.5 Å². The van der Waals surface area contributed by atoms with E-state index in [0.717, 1.165) is 16.7 Å². The summed E-state index contributed by atoms with van der Waals surface area (Å²) in [6.45, 7) is 12.2. The Morgan fingerprint density at radius 1 is 0.986 bits per heavy atom. The second kappa shape index (κ2) is 24.5. The number of aliphatic hydroxyl groups excluding tert-OH is 2. The third-order valence-corrected chi connectivity index (χ3v) is 14.2. The van der Waals surface area contributed by atoms with Crippen LogP contribution in [0.25, 0.3) is 12.2 Å². The van der Waals surface area contributed by atoms with Gasteiger partial charge >= 0.3 is 5.97 Å². The zero-order chi connectivity index (χ0) is 49.2. The average Bonchev–Trinajstić information content (AvgIpc) is 3.96. The monoisotopic (exact) mass is 1020 g/mol. The van der Waals surface area contributed by atoms with Gasteiger partial charge in [0.2, 0.25) is 5.89 Å². The molecule has 5 aliphatic heterocycles. The van der Waals surface area contributed by atoms with E-state index in [-0.39, 0.29) is 67.2 Å². The number of nitrogens with zero attached hydrogens (tertiary/aromatic N) is 2. The highest BCUT2D eigenvalue weighted by Gasteiger charge is 2.45. The minimum Gasteiger partial charge on any atom is -0.458 e. The number of aliphatic hydroxyl groups is 3. The summed E-state index contributed by atoms with van der Waals surface area (Å²) in [5.74, 6) is -1.95. The van der Waals surface area contributed by atoms with Gasteiger partial charge < -0.3 is 57.3 Å². The zero-order valence-corrected chi connectivity index (χ0v) is 42.3. The number of methoxy groups -OCH3 is 2. The van der Waals surface area contributed by atoms with Gasteiger partial charge in [-0.2, -0.15) is 0 Å². The fraction of sp³-hybridized carbons (Fsp3) is 0.604. The number of rotatable bonds is 12. The Kier molecular flexibility index (Phi) is 18.9. The van der Waals surface area contributed by atoms with Crippen molar-refractivity contribution < 1.29 is 62.1 Å². The first kappa shape index (κ1) is 53.0. The van der Waals surface area contributed by atoms with Crippen molar-refractivity contribution in [3.63, 3.8) is 0 Å². The topological polar surface area (TPSA) is 194 Å². The summed E-state index contributed by atoms with van der Waals surface area (Å²) in [5.41, 5.74) is 3.86. The predicted octanol–water partition coefficient (Wildman–Crippen LogP) is 8.76. The Morgan fingerprint density at radius 3 is 2.57 bits per heavy atom. The van der Waals surface area contributed by atoms with Gasteiger partial charge in [0.15, 0.2) is 11.7 Å². The minimum atomic E-state index is -1.73. The van der Waals surface area contributed by atoms with E-state index >= 15 is 0 Å². The number of hydrogen-bond acceptors (Lipinski definition) is 15. The number of carbonyl (C=O) groups is 1. The maximum atomic E-state index is 13.6. The van der Waals surface area contributed by atoms with Gasteiger partial charge in [-0.3, -0.25) is 0 Å². The summed E-state index contributed by atoms with van der Waals surface area (Å²) in [6.07, 6.45) is 19.5. The molecule has 4 saturated heterocycles. The van der Waals surface area contributed by atoms with E-state index in [0.29, 0.717) is 75.1 Å². The van der Waals surface area contributed by atoms with Gasteiger partial charge in [0, 0.05) is 57.8 Å². The Morgan fingerprint density at radius 2 is 1.78 bits per heavy atom. The largest absolute Gasteiger partial charge is 0.458 e. The van der Waals surface area contributed by atoms with Gasteiger partial charge in [-0.05, 0) is 75.1 Å². The first-order chi connectivity index (χ1) is 33.1. The van der Waals surface area contributed by atoms with E-state index < -0.39 is 48.4 Å². The molecular weight excluding hydrogens is 952 g/mol. The molecule has 16 heteroatoms. The van der Waals surface area contributed by atoms with Crippen molar-refractivity contribution in [2.24, 2.45) is 11.8 Å². The van der Waals surface area contributed by atoms with Crippen molar-refractivity contribution in [1.29, 1.82) is 0 Å². The first-order valence-electron chi connectivity index (χ1n) is 24.3. The number of hydrogen-bond donors (Lipinski definition) is 3. The SMILES string of the molecule is C=C1C[C@@H]2C[C@@H]3C[C@@H](O)C[C@@H](O3)c3coc(n3)/C=C/C[C@H]3O[C@H](/C(C)=C/c4coc(C[C@]5(O)C[C@H](OC)C[C@H]([C@H](O)/C=C(C)/C=C/C(C/C=C/Br)OC)O5)n4)[C@H](C)[C@@H](OC(=O)/C=C\C[C@@H](C1)O2)[C@H]3C. The fourth-order valence-corrected chi connectivity index (χ4v) is 10.6. The van der Waals surface area contributed by atoms with Crippen LogP contribution in [0.1, 0.15) is 121 Å². The molecule has 0 aliphatic carbocycles. The van der Waals surface area contributed by atoms with Gasteiger partial charge in [0.1, 0.15) is 36.1 Å². The standard InChI is InChI=1S/C53H71BrN2O13/c1-31(16-17-38(61-6)12-10-18-54)21-44(58)47-26-42(62-7)27-53(60,69-47)28-49-55-36(29-63-49)22-33(3)51-35(5)52-34(4)45(67-51)13-9-14-48-56-43(30-64-48)46-24-37(57)23-41(66-46)25-40-20-32(2)19-39(65-40)11-8-15-50(59)68-52/h8-10,14-18,21-22,29-30,34-35,37-42,44-47,51-52,57-58,60H,2,11-13,19-20,23-28H2,1,3-7H3/b14-9+,15-8-,17-16+,18-10+,31-21+,33-22+/t34-,35-,37+,38?,39-,40+,41-,42+,44+,45+,46+,47+,51+,52-,53-/m0/s1. The predicted molar refractivity (Wildman–Crippen MR) is 261 cm³/mol. The number of oxazole rings is 2. The third kappa shape index (κ3) is 14.6. The number of ether oxygens (including phenoxy) is 7. The van der Waals surface area contributed by atoms with Gasteiger partial charge in [-0.1, -0.05) is 84.0 Å². The Labute approximate surface area is 414 Å². The maximum absolute atomic E-state index is 13.6. The van der Waals surface area contributed by atoms with Crippen LogP contribution in [0, 0.1) is 11.8 Å². The lowest BCUT2D eigenvalue weighted by molar-refractivity contribution is -0.286. The lowest BCUT2D eigenvalue weighted by Gasteiger charge is -2.44. The molecule has 1 unspecified atom stereocenters. The van der Waals surface area contributed by atoms with Gasteiger partial charge in [0.05, 0.1) is 67.5 Å². The minimum absolute atomic E-state index is 0.0830. The summed E-state index contributed by atoms with van der Waals surface area (Å²) >= 11 is 3.28. The molecule has 69 heavy (non-hydrogen) atoms. The molecule has 5 aliphatic rings. The molecule has 8 bridgehead atoms. The molecule has 0 spiro atoms.